The number of carbonyl (C=O) groups excluding carboxylic acids is 1. The van der Waals surface area contributed by atoms with Gasteiger partial charge in [0.15, 0.2) is 0 Å². The smallest absolute Gasteiger partial charge is 0.307 e. The summed E-state index contributed by atoms with van der Waals surface area (Å²) in [6, 6.07) is 9.38. The number of rotatable bonds is 7. The lowest BCUT2D eigenvalue weighted by molar-refractivity contribution is -0.140. The summed E-state index contributed by atoms with van der Waals surface area (Å²) in [6.07, 6.45) is 0. The van der Waals surface area contributed by atoms with Gasteiger partial charge in [-0.15, -0.1) is 0 Å². The van der Waals surface area contributed by atoms with E-state index in [0.717, 1.165) is 5.56 Å². The lowest BCUT2D eigenvalue weighted by Crippen LogP contribution is -2.30. The Morgan fingerprint density at radius 1 is 1.32 bits per heavy atom. The predicted octanol–water partition coefficient (Wildman–Crippen LogP) is 0.772. The molecule has 0 fully saturated rings. The average Bonchev–Trinajstić information content (AvgIpc) is 2.37. The molecule has 0 bridgehead atoms. The monoisotopic (exact) mass is 283 g/mol. The number of carboxylic acids is 1. The number of hydrogen-bond donors (Lipinski definition) is 2. The van der Waals surface area contributed by atoms with Gasteiger partial charge in [0.25, 0.3) is 0 Å². The number of nitrogens with one attached hydrogen (secondary N) is 1. The van der Waals surface area contributed by atoms with Gasteiger partial charge >= 0.3 is 5.97 Å². The van der Waals surface area contributed by atoms with E-state index in [1.165, 1.54) is 6.92 Å². The Kier molecular flexibility index (Phi) is 6.21. The molecule has 0 radical (unpaired) electrons. The maximum atomic E-state index is 11.6. The van der Waals surface area contributed by atoms with E-state index in [4.69, 9.17) is 5.11 Å². The van der Waals surface area contributed by atoms with E-state index in [1.54, 1.807) is 0 Å². The van der Waals surface area contributed by atoms with Crippen molar-refractivity contribution in [2.75, 3.05) is 11.5 Å². The third-order valence-corrected chi connectivity index (χ3v) is 3.94. The fraction of sp³-hybridized carbons (Fsp3) is 0.385. The quantitative estimate of drug-likeness (QED) is 0.774. The number of aliphatic carboxylic acids is 1. The van der Waals surface area contributed by atoms with E-state index in [-0.39, 0.29) is 17.4 Å². The predicted molar refractivity (Wildman–Crippen MR) is 73.0 cm³/mol. The van der Waals surface area contributed by atoms with Crippen molar-refractivity contribution in [1.82, 2.24) is 5.32 Å². The van der Waals surface area contributed by atoms with E-state index in [9.17, 15) is 13.8 Å². The summed E-state index contributed by atoms with van der Waals surface area (Å²) < 4.78 is 11.6. The van der Waals surface area contributed by atoms with Crippen molar-refractivity contribution in [3.05, 3.63) is 35.9 Å². The van der Waals surface area contributed by atoms with Crippen LogP contribution in [0.5, 0.6) is 0 Å². The first-order valence-electron chi connectivity index (χ1n) is 5.87. The Balaban J connectivity index is 2.31. The zero-order valence-corrected chi connectivity index (χ0v) is 11.5. The molecule has 2 N–H and O–H groups in total. The molecule has 19 heavy (non-hydrogen) atoms. The molecule has 5 nitrogen and oxygen atoms in total. The van der Waals surface area contributed by atoms with Crippen molar-refractivity contribution >= 4 is 22.7 Å². The Hall–Kier alpha value is -1.69. The Morgan fingerprint density at radius 3 is 2.53 bits per heavy atom. The first-order valence-corrected chi connectivity index (χ1v) is 7.36. The second-order valence-corrected chi connectivity index (χ2v) is 5.75. The molecule has 1 rings (SSSR count). The number of amides is 1. The van der Waals surface area contributed by atoms with Gasteiger partial charge in [-0.3, -0.25) is 13.8 Å². The standard InChI is InChI=1S/C13H17NO4S/c1-10(13(16)17)8-19(18)9-12(15)14-7-11-5-3-2-4-6-11/h2-6,10H,7-9H2,1H3,(H,14,15)(H,16,17). The molecule has 104 valence electrons. The summed E-state index contributed by atoms with van der Waals surface area (Å²) in [4.78, 5) is 22.1. The molecule has 0 aromatic heterocycles. The maximum Gasteiger partial charge on any atom is 0.307 e. The molecule has 0 heterocycles. The van der Waals surface area contributed by atoms with E-state index in [0.29, 0.717) is 6.54 Å². The van der Waals surface area contributed by atoms with Crippen LogP contribution in [0.25, 0.3) is 0 Å². The highest BCUT2D eigenvalue weighted by Crippen LogP contribution is 2.00. The first kappa shape index (κ1) is 15.4. The van der Waals surface area contributed by atoms with Gasteiger partial charge in [-0.05, 0) is 5.56 Å². The molecule has 2 atom stereocenters. The molecule has 1 amide bonds. The zero-order valence-electron chi connectivity index (χ0n) is 10.7. The van der Waals surface area contributed by atoms with Crippen molar-refractivity contribution in [2.24, 2.45) is 5.92 Å². The molecule has 0 spiro atoms. The van der Waals surface area contributed by atoms with Crippen molar-refractivity contribution in [3.63, 3.8) is 0 Å². The summed E-state index contributed by atoms with van der Waals surface area (Å²) in [5, 5.41) is 11.3. The van der Waals surface area contributed by atoms with Crippen LogP contribution in [0.1, 0.15) is 12.5 Å². The summed E-state index contributed by atoms with van der Waals surface area (Å²) in [6.45, 7) is 1.85. The molecule has 0 saturated carbocycles. The maximum absolute atomic E-state index is 11.6. The molecule has 6 heteroatoms. The lowest BCUT2D eigenvalue weighted by Gasteiger charge is -2.07. The Labute approximate surface area is 114 Å². The molecule has 0 aliphatic carbocycles. The van der Waals surface area contributed by atoms with E-state index in [2.05, 4.69) is 5.32 Å². The molecule has 2 unspecified atom stereocenters. The number of carboxylic acid groups (broad SMARTS) is 1. The van der Waals surface area contributed by atoms with Gasteiger partial charge in [0.1, 0.15) is 5.75 Å². The topological polar surface area (TPSA) is 83.5 Å². The van der Waals surface area contributed by atoms with Crippen LogP contribution in [0.4, 0.5) is 0 Å². The van der Waals surface area contributed by atoms with Crippen molar-refractivity contribution < 1.29 is 18.9 Å². The van der Waals surface area contributed by atoms with E-state index < -0.39 is 22.7 Å². The SMILES string of the molecule is CC(CS(=O)CC(=O)NCc1ccccc1)C(=O)O. The van der Waals surface area contributed by atoms with Crippen LogP contribution in [0.2, 0.25) is 0 Å². The van der Waals surface area contributed by atoms with E-state index >= 15 is 0 Å². The third kappa shape index (κ3) is 6.15. The van der Waals surface area contributed by atoms with Crippen LogP contribution in [0, 0.1) is 5.92 Å². The number of benzene rings is 1. The van der Waals surface area contributed by atoms with Crippen LogP contribution in [-0.2, 0) is 26.9 Å². The number of hydrogen-bond acceptors (Lipinski definition) is 3. The van der Waals surface area contributed by atoms with Gasteiger partial charge in [-0.1, -0.05) is 37.3 Å². The van der Waals surface area contributed by atoms with E-state index in [1.807, 2.05) is 30.3 Å². The van der Waals surface area contributed by atoms with Crippen LogP contribution in [0.3, 0.4) is 0 Å². The minimum absolute atomic E-state index is 0.00586. The van der Waals surface area contributed by atoms with Crippen molar-refractivity contribution in [3.8, 4) is 0 Å². The molecule has 1 aromatic rings. The fourth-order valence-electron chi connectivity index (χ4n) is 1.40. The highest BCUT2D eigenvalue weighted by Gasteiger charge is 2.16. The summed E-state index contributed by atoms with van der Waals surface area (Å²) in [5.74, 6) is -2.21. The normalized spacial score (nSPS) is 13.5. The minimum Gasteiger partial charge on any atom is -0.481 e. The highest BCUT2D eigenvalue weighted by molar-refractivity contribution is 7.85. The molecule has 0 aliphatic heterocycles. The third-order valence-electron chi connectivity index (χ3n) is 2.48. The molecule has 1 aromatic carbocycles. The molecular weight excluding hydrogens is 266 g/mol. The Morgan fingerprint density at radius 2 is 1.95 bits per heavy atom. The molecular formula is C13H17NO4S. The van der Waals surface area contributed by atoms with Crippen molar-refractivity contribution in [1.29, 1.82) is 0 Å². The Bertz CT molecular complexity index is 461. The summed E-state index contributed by atoms with van der Waals surface area (Å²) in [5.41, 5.74) is 0.959. The van der Waals surface area contributed by atoms with Gasteiger partial charge in [0.05, 0.1) is 5.92 Å². The summed E-state index contributed by atoms with van der Waals surface area (Å²) in [7, 11) is -1.45. The van der Waals surface area contributed by atoms with Crippen LogP contribution >= 0.6 is 0 Å². The molecule has 0 aliphatic rings. The lowest BCUT2D eigenvalue weighted by atomic mass is 10.2. The van der Waals surface area contributed by atoms with Gasteiger partial charge in [0, 0.05) is 23.1 Å². The van der Waals surface area contributed by atoms with Crippen LogP contribution in [0.15, 0.2) is 30.3 Å². The highest BCUT2D eigenvalue weighted by atomic mass is 32.2. The van der Waals surface area contributed by atoms with Crippen molar-refractivity contribution in [2.45, 2.75) is 13.5 Å². The largest absolute Gasteiger partial charge is 0.481 e. The second-order valence-electron chi connectivity index (χ2n) is 4.25. The zero-order chi connectivity index (χ0) is 14.3. The summed E-state index contributed by atoms with van der Waals surface area (Å²) >= 11 is 0. The molecule has 0 saturated heterocycles. The second kappa shape index (κ2) is 7.68. The minimum atomic E-state index is -1.45. The van der Waals surface area contributed by atoms with Crippen LogP contribution < -0.4 is 5.32 Å². The van der Waals surface area contributed by atoms with Gasteiger partial charge in [-0.2, -0.15) is 0 Å². The van der Waals surface area contributed by atoms with Gasteiger partial charge < -0.3 is 10.4 Å². The average molecular weight is 283 g/mol. The van der Waals surface area contributed by atoms with Crippen LogP contribution in [-0.4, -0.2) is 32.7 Å². The first-order chi connectivity index (χ1) is 8.99. The number of carbonyl (C=O) groups is 2. The fourth-order valence-corrected chi connectivity index (χ4v) is 2.62. The van der Waals surface area contributed by atoms with Gasteiger partial charge in [0.2, 0.25) is 5.91 Å². The van der Waals surface area contributed by atoms with Gasteiger partial charge in [-0.25, -0.2) is 0 Å².